The Morgan fingerprint density at radius 1 is 1.28 bits per heavy atom. The van der Waals surface area contributed by atoms with Crippen LogP contribution in [0.1, 0.15) is 42.7 Å². The Labute approximate surface area is 182 Å². The van der Waals surface area contributed by atoms with Crippen LogP contribution in [-0.2, 0) is 13.5 Å². The van der Waals surface area contributed by atoms with Crippen molar-refractivity contribution in [3.63, 3.8) is 0 Å². The van der Waals surface area contributed by atoms with Crippen molar-refractivity contribution in [2.75, 3.05) is 0 Å². The fourth-order valence-corrected chi connectivity index (χ4v) is 4.56. The van der Waals surface area contributed by atoms with E-state index in [0.29, 0.717) is 12.0 Å². The van der Waals surface area contributed by atoms with E-state index in [-0.39, 0.29) is 22.9 Å². The minimum Gasteiger partial charge on any atom is -0.477 e. The summed E-state index contributed by atoms with van der Waals surface area (Å²) < 4.78 is 24.9. The Bertz CT molecular complexity index is 1470. The summed E-state index contributed by atoms with van der Waals surface area (Å²) in [6.07, 6.45) is 3.58. The smallest absolute Gasteiger partial charge is 0.341 e. The Hall–Kier alpha value is -3.68. The zero-order valence-electron chi connectivity index (χ0n) is 18.1. The average molecular weight is 435 g/mol. The highest BCUT2D eigenvalue weighted by Crippen LogP contribution is 2.47. The number of nitrogens with zero attached hydrogens (tertiary/aromatic N) is 3. The number of para-hydroxylation sites is 1. The van der Waals surface area contributed by atoms with E-state index in [9.17, 15) is 14.7 Å². The second kappa shape index (κ2) is 6.66. The van der Waals surface area contributed by atoms with E-state index in [0.717, 1.165) is 22.2 Å². The summed E-state index contributed by atoms with van der Waals surface area (Å²) in [5, 5.41) is 14.7. The quantitative estimate of drug-likeness (QED) is 0.495. The molecule has 0 saturated heterocycles. The summed E-state index contributed by atoms with van der Waals surface area (Å²) in [6, 6.07) is 7.29. The van der Waals surface area contributed by atoms with E-state index >= 15 is 4.39 Å². The number of carboxylic acids is 1. The topological polar surface area (TPSA) is 90.3 Å². The van der Waals surface area contributed by atoms with Gasteiger partial charge in [0.1, 0.15) is 16.8 Å². The lowest BCUT2D eigenvalue weighted by Crippen LogP contribution is -2.34. The number of benzene rings is 1. The molecule has 0 fully saturated rings. The predicted molar refractivity (Wildman–Crippen MR) is 117 cm³/mol. The number of halogens is 1. The van der Waals surface area contributed by atoms with Crippen molar-refractivity contribution in [2.24, 2.45) is 12.5 Å². The first-order valence-corrected chi connectivity index (χ1v) is 10.3. The summed E-state index contributed by atoms with van der Waals surface area (Å²) in [5.41, 5.74) is 0.766. The van der Waals surface area contributed by atoms with Crippen LogP contribution in [0.2, 0.25) is 0 Å². The van der Waals surface area contributed by atoms with Gasteiger partial charge in [-0.2, -0.15) is 5.10 Å². The molecule has 1 aromatic carbocycles. The van der Waals surface area contributed by atoms with Gasteiger partial charge in [0, 0.05) is 42.0 Å². The summed E-state index contributed by atoms with van der Waals surface area (Å²) in [6.45, 7) is 6.01. The molecule has 1 aliphatic rings. The fraction of sp³-hybridized carbons (Fsp3) is 0.292. The minimum atomic E-state index is -1.45. The van der Waals surface area contributed by atoms with E-state index in [4.69, 9.17) is 4.42 Å². The number of aromatic carboxylic acids is 1. The van der Waals surface area contributed by atoms with Gasteiger partial charge in [-0.3, -0.25) is 9.48 Å². The molecule has 0 aliphatic carbocycles. The number of aryl methyl sites for hydroxylation is 1. The lowest BCUT2D eigenvalue weighted by Gasteiger charge is -2.37. The van der Waals surface area contributed by atoms with Crippen LogP contribution in [-0.4, -0.2) is 25.4 Å². The molecule has 0 amide bonds. The summed E-state index contributed by atoms with van der Waals surface area (Å²) in [5.74, 6) is -2.31. The fourth-order valence-electron chi connectivity index (χ4n) is 4.56. The van der Waals surface area contributed by atoms with Gasteiger partial charge in [0.2, 0.25) is 5.43 Å². The van der Waals surface area contributed by atoms with Crippen LogP contribution >= 0.6 is 0 Å². The van der Waals surface area contributed by atoms with Gasteiger partial charge in [-0.1, -0.05) is 32.9 Å². The Morgan fingerprint density at radius 2 is 2.03 bits per heavy atom. The monoisotopic (exact) mass is 435 g/mol. The van der Waals surface area contributed by atoms with Crippen LogP contribution in [0.5, 0.6) is 0 Å². The highest BCUT2D eigenvalue weighted by molar-refractivity contribution is 5.97. The van der Waals surface area contributed by atoms with E-state index in [1.165, 1.54) is 6.20 Å². The van der Waals surface area contributed by atoms with Gasteiger partial charge in [-0.15, -0.1) is 0 Å². The molecule has 3 aromatic heterocycles. The molecule has 1 aliphatic heterocycles. The normalized spacial score (nSPS) is 15.6. The van der Waals surface area contributed by atoms with Gasteiger partial charge >= 0.3 is 5.97 Å². The number of hydrogen-bond donors (Lipinski definition) is 1. The van der Waals surface area contributed by atoms with Crippen molar-refractivity contribution < 1.29 is 18.7 Å². The molecule has 8 heteroatoms. The van der Waals surface area contributed by atoms with Gasteiger partial charge in [0.05, 0.1) is 5.69 Å². The van der Waals surface area contributed by atoms with Crippen molar-refractivity contribution in [3.05, 3.63) is 63.8 Å². The predicted octanol–water partition coefficient (Wildman–Crippen LogP) is 4.64. The lowest BCUT2D eigenvalue weighted by molar-refractivity contribution is 0.0692. The van der Waals surface area contributed by atoms with Crippen molar-refractivity contribution in [1.82, 2.24) is 14.3 Å². The van der Waals surface area contributed by atoms with E-state index in [1.54, 1.807) is 9.25 Å². The largest absolute Gasteiger partial charge is 0.477 e. The van der Waals surface area contributed by atoms with Gasteiger partial charge in [0.25, 0.3) is 0 Å². The summed E-state index contributed by atoms with van der Waals surface area (Å²) in [4.78, 5) is 24.1. The van der Waals surface area contributed by atoms with Crippen LogP contribution in [0.15, 0.2) is 45.9 Å². The Balaban J connectivity index is 1.87. The SMILES string of the molecule is Cn1ccc(-c2cccc3c4c(oc23)-c2c(F)c(=O)c(C(=O)O)cn2C(C(C)(C)C)C4)n1. The zero-order valence-corrected chi connectivity index (χ0v) is 18.1. The lowest BCUT2D eigenvalue weighted by atomic mass is 9.79. The number of pyridine rings is 1. The van der Waals surface area contributed by atoms with Gasteiger partial charge in [0.15, 0.2) is 11.6 Å². The van der Waals surface area contributed by atoms with Crippen molar-refractivity contribution in [3.8, 4) is 22.7 Å². The molecule has 0 bridgehead atoms. The number of carbonyl (C=O) groups is 1. The molecule has 1 unspecified atom stereocenters. The van der Waals surface area contributed by atoms with Gasteiger partial charge < -0.3 is 14.1 Å². The van der Waals surface area contributed by atoms with E-state index < -0.39 is 22.8 Å². The van der Waals surface area contributed by atoms with Gasteiger partial charge in [-0.05, 0) is 24.0 Å². The molecule has 0 spiro atoms. The maximum Gasteiger partial charge on any atom is 0.341 e. The second-order valence-corrected chi connectivity index (χ2v) is 9.30. The number of furan rings is 1. The molecular weight excluding hydrogens is 413 g/mol. The molecule has 0 radical (unpaired) electrons. The molecule has 32 heavy (non-hydrogen) atoms. The zero-order chi connectivity index (χ0) is 22.9. The minimum absolute atomic E-state index is 0.00986. The van der Waals surface area contributed by atoms with Crippen LogP contribution in [0.4, 0.5) is 4.39 Å². The van der Waals surface area contributed by atoms with Crippen molar-refractivity contribution in [1.29, 1.82) is 0 Å². The second-order valence-electron chi connectivity index (χ2n) is 9.30. The first-order chi connectivity index (χ1) is 15.1. The first kappa shape index (κ1) is 20.2. The molecule has 7 nitrogen and oxygen atoms in total. The number of hydrogen-bond acceptors (Lipinski definition) is 4. The maximum atomic E-state index is 15.4. The highest BCUT2D eigenvalue weighted by Gasteiger charge is 2.39. The number of fused-ring (bicyclic) bond motifs is 5. The van der Waals surface area contributed by atoms with E-state index in [1.807, 2.05) is 58.3 Å². The number of aromatic nitrogens is 3. The maximum absolute atomic E-state index is 15.4. The summed E-state index contributed by atoms with van der Waals surface area (Å²) in [7, 11) is 1.82. The van der Waals surface area contributed by atoms with E-state index in [2.05, 4.69) is 5.10 Å². The first-order valence-electron chi connectivity index (χ1n) is 10.3. The van der Waals surface area contributed by atoms with Crippen LogP contribution < -0.4 is 5.43 Å². The summed E-state index contributed by atoms with van der Waals surface area (Å²) >= 11 is 0. The molecule has 1 N–H and O–H groups in total. The average Bonchev–Trinajstić information content (AvgIpc) is 3.31. The van der Waals surface area contributed by atoms with Crippen molar-refractivity contribution >= 4 is 16.9 Å². The molecule has 4 aromatic rings. The van der Waals surface area contributed by atoms with Crippen LogP contribution in [0.3, 0.4) is 0 Å². The highest BCUT2D eigenvalue weighted by atomic mass is 19.1. The standard InChI is InChI=1S/C24H22FN3O4/c1-24(2,3)17-10-14-12-6-5-7-13(16-8-9-27(4)26-16)21(12)32-22(14)19-18(25)20(29)15(23(30)31)11-28(17)19/h5-9,11,17H,10H2,1-4H3,(H,30,31). The molecular formula is C24H22FN3O4. The molecule has 164 valence electrons. The molecule has 5 rings (SSSR count). The molecule has 1 atom stereocenters. The Morgan fingerprint density at radius 3 is 2.66 bits per heavy atom. The van der Waals surface area contributed by atoms with Crippen LogP contribution in [0.25, 0.3) is 33.7 Å². The van der Waals surface area contributed by atoms with Crippen LogP contribution in [0, 0.1) is 11.2 Å². The molecule has 4 heterocycles. The third kappa shape index (κ3) is 2.82. The third-order valence-corrected chi connectivity index (χ3v) is 6.16. The van der Waals surface area contributed by atoms with Crippen molar-refractivity contribution in [2.45, 2.75) is 33.2 Å². The van der Waals surface area contributed by atoms with Gasteiger partial charge in [-0.25, -0.2) is 9.18 Å². The number of rotatable bonds is 2. The third-order valence-electron chi connectivity index (χ3n) is 6.16. The number of carboxylic acid groups (broad SMARTS) is 1. The Kier molecular flexibility index (Phi) is 4.21. The molecule has 0 saturated carbocycles.